The normalized spacial score (nSPS) is 10.6. The maximum Gasteiger partial charge on any atom is 0.226 e. The highest BCUT2D eigenvalue weighted by atomic mass is 35.5. The first-order valence-corrected chi connectivity index (χ1v) is 10.6. The Morgan fingerprint density at radius 2 is 2.22 bits per heavy atom. The maximum absolute atomic E-state index is 12.1. The van der Waals surface area contributed by atoms with E-state index in [-0.39, 0.29) is 5.91 Å². The molecule has 8 heteroatoms. The zero-order chi connectivity index (χ0) is 19.1. The number of thioether (sulfide) groups is 1. The minimum atomic E-state index is -0.0443. The molecular formula is C19H18ClN3O2S2. The summed E-state index contributed by atoms with van der Waals surface area (Å²) in [4.78, 5) is 20.8. The lowest BCUT2D eigenvalue weighted by Gasteiger charge is -2.04. The van der Waals surface area contributed by atoms with Crippen LogP contribution < -0.4 is 10.1 Å². The van der Waals surface area contributed by atoms with Crippen molar-refractivity contribution in [2.45, 2.75) is 12.2 Å². The average Bonchev–Trinajstić information content (AvgIpc) is 3.14. The zero-order valence-electron chi connectivity index (χ0n) is 14.6. The number of pyridine rings is 1. The molecule has 0 radical (unpaired) electrons. The van der Waals surface area contributed by atoms with Crippen molar-refractivity contribution in [3.8, 4) is 17.0 Å². The summed E-state index contributed by atoms with van der Waals surface area (Å²) in [5, 5.41) is 5.85. The molecule has 0 saturated heterocycles. The van der Waals surface area contributed by atoms with E-state index in [0.29, 0.717) is 22.3 Å². The molecule has 2 heterocycles. The second-order valence-electron chi connectivity index (χ2n) is 5.56. The molecule has 0 bridgehead atoms. The first-order valence-electron chi connectivity index (χ1n) is 8.22. The molecule has 140 valence electrons. The summed E-state index contributed by atoms with van der Waals surface area (Å²) in [6.45, 7) is 0. The molecule has 0 atom stereocenters. The van der Waals surface area contributed by atoms with Crippen molar-refractivity contribution in [1.82, 2.24) is 9.97 Å². The van der Waals surface area contributed by atoms with Crippen molar-refractivity contribution in [3.05, 3.63) is 58.7 Å². The molecular weight excluding hydrogens is 402 g/mol. The molecule has 0 aliphatic heterocycles. The second kappa shape index (κ2) is 9.73. The van der Waals surface area contributed by atoms with Crippen LogP contribution in [-0.4, -0.2) is 28.7 Å². The Labute approximate surface area is 171 Å². The molecule has 1 N–H and O–H groups in total. The zero-order valence-corrected chi connectivity index (χ0v) is 17.0. The van der Waals surface area contributed by atoms with Crippen LogP contribution in [0.2, 0.25) is 5.02 Å². The van der Waals surface area contributed by atoms with Crippen LogP contribution in [0.1, 0.15) is 12.1 Å². The first kappa shape index (κ1) is 19.7. The summed E-state index contributed by atoms with van der Waals surface area (Å²) in [7, 11) is 1.58. The number of anilines is 1. The lowest BCUT2D eigenvalue weighted by Crippen LogP contribution is -2.12. The number of thiazole rings is 1. The Morgan fingerprint density at radius 3 is 2.96 bits per heavy atom. The van der Waals surface area contributed by atoms with Crippen molar-refractivity contribution in [3.63, 3.8) is 0 Å². The Hall–Kier alpha value is -2.09. The molecule has 27 heavy (non-hydrogen) atoms. The van der Waals surface area contributed by atoms with Crippen LogP contribution in [0.3, 0.4) is 0 Å². The van der Waals surface area contributed by atoms with E-state index in [1.54, 1.807) is 37.2 Å². The molecule has 0 unspecified atom stereocenters. The van der Waals surface area contributed by atoms with Gasteiger partial charge in [-0.15, -0.1) is 11.3 Å². The standard InChI is InChI=1S/C19H18ClN3O2S2/c1-25-17-6-5-13(10-15(17)20)16-12-27-19(22-16)23-18(24)7-9-26-11-14-4-2-3-8-21-14/h2-6,8,10,12H,7,9,11H2,1H3,(H,22,23,24). The van der Waals surface area contributed by atoms with E-state index in [9.17, 15) is 4.79 Å². The highest BCUT2D eigenvalue weighted by molar-refractivity contribution is 7.98. The highest BCUT2D eigenvalue weighted by Crippen LogP contribution is 2.31. The number of rotatable bonds is 8. The Balaban J connectivity index is 1.48. The van der Waals surface area contributed by atoms with Crippen molar-refractivity contribution in [1.29, 1.82) is 0 Å². The van der Waals surface area contributed by atoms with Gasteiger partial charge in [0.15, 0.2) is 5.13 Å². The first-order chi connectivity index (χ1) is 13.2. The molecule has 0 aliphatic rings. The fraction of sp³-hybridized carbons (Fsp3) is 0.211. The molecule has 0 saturated carbocycles. The average molecular weight is 420 g/mol. The van der Waals surface area contributed by atoms with E-state index < -0.39 is 0 Å². The molecule has 3 aromatic rings. The number of carbonyl (C=O) groups excluding carboxylic acids is 1. The quantitative estimate of drug-likeness (QED) is 0.513. The van der Waals surface area contributed by atoms with Gasteiger partial charge >= 0.3 is 0 Å². The van der Waals surface area contributed by atoms with E-state index in [4.69, 9.17) is 16.3 Å². The van der Waals surface area contributed by atoms with E-state index >= 15 is 0 Å². The van der Waals surface area contributed by atoms with Crippen LogP contribution in [0.15, 0.2) is 48.0 Å². The molecule has 5 nitrogen and oxygen atoms in total. The van der Waals surface area contributed by atoms with Crippen LogP contribution in [0.25, 0.3) is 11.3 Å². The minimum absolute atomic E-state index is 0.0443. The van der Waals surface area contributed by atoms with Crippen LogP contribution in [-0.2, 0) is 10.5 Å². The summed E-state index contributed by atoms with van der Waals surface area (Å²) in [5.74, 6) is 2.10. The highest BCUT2D eigenvalue weighted by Gasteiger charge is 2.10. The molecule has 0 fully saturated rings. The molecule has 0 aliphatic carbocycles. The van der Waals surface area contributed by atoms with Crippen LogP contribution >= 0.6 is 34.7 Å². The number of nitrogens with one attached hydrogen (secondary N) is 1. The Bertz CT molecular complexity index is 903. The van der Waals surface area contributed by atoms with Crippen molar-refractivity contribution < 1.29 is 9.53 Å². The fourth-order valence-electron chi connectivity index (χ4n) is 2.30. The third-order valence-corrected chi connectivity index (χ3v) is 5.69. The summed E-state index contributed by atoms with van der Waals surface area (Å²) in [6.07, 6.45) is 2.21. The summed E-state index contributed by atoms with van der Waals surface area (Å²) < 4.78 is 5.16. The number of hydrogen-bond acceptors (Lipinski definition) is 6. The number of carbonyl (C=O) groups is 1. The summed E-state index contributed by atoms with van der Waals surface area (Å²) in [6, 6.07) is 11.3. The summed E-state index contributed by atoms with van der Waals surface area (Å²) >= 11 is 9.24. The van der Waals surface area contributed by atoms with Gasteiger partial charge in [0, 0.05) is 35.1 Å². The van der Waals surface area contributed by atoms with E-state index in [1.807, 2.05) is 29.6 Å². The van der Waals surface area contributed by atoms with Gasteiger partial charge in [0.2, 0.25) is 5.91 Å². The van der Waals surface area contributed by atoms with Gasteiger partial charge in [-0.05, 0) is 30.3 Å². The Morgan fingerprint density at radius 1 is 1.33 bits per heavy atom. The van der Waals surface area contributed by atoms with Crippen molar-refractivity contribution >= 4 is 45.7 Å². The number of halogens is 1. The predicted molar refractivity (Wildman–Crippen MR) is 113 cm³/mol. The molecule has 0 spiro atoms. The van der Waals surface area contributed by atoms with Crippen LogP contribution in [0.4, 0.5) is 5.13 Å². The van der Waals surface area contributed by atoms with Gasteiger partial charge in [-0.25, -0.2) is 4.98 Å². The lowest BCUT2D eigenvalue weighted by atomic mass is 10.2. The third kappa shape index (κ3) is 5.69. The van der Waals surface area contributed by atoms with Gasteiger partial charge in [-0.1, -0.05) is 17.7 Å². The number of ether oxygens (including phenoxy) is 1. The van der Waals surface area contributed by atoms with Crippen LogP contribution in [0.5, 0.6) is 5.75 Å². The van der Waals surface area contributed by atoms with Crippen molar-refractivity contribution in [2.24, 2.45) is 0 Å². The van der Waals surface area contributed by atoms with Gasteiger partial charge in [-0.2, -0.15) is 11.8 Å². The second-order valence-corrected chi connectivity index (χ2v) is 7.93. The smallest absolute Gasteiger partial charge is 0.226 e. The van der Waals surface area contributed by atoms with Gasteiger partial charge in [0.1, 0.15) is 5.75 Å². The number of amides is 1. The lowest BCUT2D eigenvalue weighted by molar-refractivity contribution is -0.115. The molecule has 1 amide bonds. The van der Waals surface area contributed by atoms with Gasteiger partial charge in [0.25, 0.3) is 0 Å². The maximum atomic E-state index is 12.1. The number of nitrogens with zero attached hydrogens (tertiary/aromatic N) is 2. The fourth-order valence-corrected chi connectivity index (χ4v) is 4.14. The van der Waals surface area contributed by atoms with Gasteiger partial charge in [0.05, 0.1) is 23.5 Å². The largest absolute Gasteiger partial charge is 0.495 e. The van der Waals surface area contributed by atoms with E-state index in [0.717, 1.165) is 28.5 Å². The Kier molecular flexibility index (Phi) is 7.09. The number of hydrogen-bond donors (Lipinski definition) is 1. The monoisotopic (exact) mass is 419 g/mol. The number of methoxy groups -OCH3 is 1. The molecule has 3 rings (SSSR count). The third-order valence-electron chi connectivity index (χ3n) is 3.65. The molecule has 1 aromatic carbocycles. The summed E-state index contributed by atoms with van der Waals surface area (Å²) in [5.41, 5.74) is 2.67. The number of benzene rings is 1. The molecule has 2 aromatic heterocycles. The SMILES string of the molecule is COc1ccc(-c2csc(NC(=O)CCSCc3ccccn3)n2)cc1Cl. The van der Waals surface area contributed by atoms with Gasteiger partial charge < -0.3 is 10.1 Å². The van der Waals surface area contributed by atoms with E-state index in [2.05, 4.69) is 15.3 Å². The number of aromatic nitrogens is 2. The van der Waals surface area contributed by atoms with Crippen LogP contribution in [0, 0.1) is 0 Å². The van der Waals surface area contributed by atoms with Crippen molar-refractivity contribution in [2.75, 3.05) is 18.2 Å². The topological polar surface area (TPSA) is 64.1 Å². The van der Waals surface area contributed by atoms with Gasteiger partial charge in [-0.3, -0.25) is 9.78 Å². The minimum Gasteiger partial charge on any atom is -0.495 e. The van der Waals surface area contributed by atoms with E-state index in [1.165, 1.54) is 11.3 Å². The predicted octanol–water partition coefficient (Wildman–Crippen LogP) is 5.13.